The van der Waals surface area contributed by atoms with E-state index in [1.54, 1.807) is 9.42 Å². The topological polar surface area (TPSA) is 96.8 Å². The van der Waals surface area contributed by atoms with Crippen LogP contribution in [0.15, 0.2) is 6.07 Å². The average Bonchev–Trinajstić information content (AvgIpc) is 3.05. The van der Waals surface area contributed by atoms with Crippen LogP contribution >= 0.6 is 0 Å². The lowest BCUT2D eigenvalue weighted by molar-refractivity contribution is -0.0324. The third kappa shape index (κ3) is 2.58. The number of aryl methyl sites for hydroxylation is 1. The Balaban J connectivity index is 1.94. The van der Waals surface area contributed by atoms with E-state index in [0.29, 0.717) is 12.4 Å². The maximum Gasteiger partial charge on any atom is 0.408 e. The second kappa shape index (κ2) is 6.11. The summed E-state index contributed by atoms with van der Waals surface area (Å²) >= 11 is 0. The van der Waals surface area contributed by atoms with Crippen molar-refractivity contribution in [2.24, 2.45) is 5.41 Å². The van der Waals surface area contributed by atoms with Gasteiger partial charge in [-0.2, -0.15) is 9.61 Å². The van der Waals surface area contributed by atoms with Gasteiger partial charge in [0.1, 0.15) is 5.82 Å². The van der Waals surface area contributed by atoms with E-state index in [1.165, 1.54) is 0 Å². The van der Waals surface area contributed by atoms with Crippen LogP contribution in [0.2, 0.25) is 0 Å². The van der Waals surface area contributed by atoms with Crippen molar-refractivity contribution in [3.63, 3.8) is 0 Å². The quantitative estimate of drug-likeness (QED) is 0.798. The molecule has 7 heteroatoms. The molecule has 2 aromatic heterocycles. The normalized spacial score (nSPS) is 23.4. The number of fused-ring (bicyclic) bond motifs is 2. The van der Waals surface area contributed by atoms with E-state index in [0.717, 1.165) is 67.5 Å². The highest BCUT2D eigenvalue weighted by atomic mass is 16.4. The molecule has 1 atom stereocenters. The molecule has 3 N–H and O–H groups in total. The third-order valence-corrected chi connectivity index (χ3v) is 6.44. The number of nitrogen functional groups attached to an aromatic ring is 1. The first-order chi connectivity index (χ1) is 12.8. The van der Waals surface area contributed by atoms with E-state index in [1.807, 2.05) is 6.07 Å². The fraction of sp³-hybridized carbons (Fsp3) is 0.650. The smallest absolute Gasteiger partial charge is 0.408 e. The zero-order valence-electron chi connectivity index (χ0n) is 16.5. The third-order valence-electron chi connectivity index (χ3n) is 6.44. The van der Waals surface area contributed by atoms with E-state index in [2.05, 4.69) is 20.8 Å². The maximum atomic E-state index is 12.1. The molecule has 1 aliphatic heterocycles. The summed E-state index contributed by atoms with van der Waals surface area (Å²) in [4.78, 5) is 18.6. The predicted molar refractivity (Wildman–Crippen MR) is 104 cm³/mol. The first kappa shape index (κ1) is 18.1. The molecule has 1 amide bonds. The van der Waals surface area contributed by atoms with Gasteiger partial charge >= 0.3 is 6.09 Å². The first-order valence-electron chi connectivity index (χ1n) is 9.94. The molecule has 2 aromatic rings. The van der Waals surface area contributed by atoms with Crippen molar-refractivity contribution in [1.82, 2.24) is 19.5 Å². The van der Waals surface area contributed by atoms with Crippen LogP contribution in [-0.2, 0) is 18.4 Å². The molecule has 0 radical (unpaired) electrons. The van der Waals surface area contributed by atoms with Gasteiger partial charge in [0.25, 0.3) is 0 Å². The first-order valence-corrected chi connectivity index (χ1v) is 9.94. The molecule has 2 aliphatic rings. The van der Waals surface area contributed by atoms with Crippen LogP contribution in [0.1, 0.15) is 69.8 Å². The van der Waals surface area contributed by atoms with Crippen LogP contribution in [0.3, 0.4) is 0 Å². The summed E-state index contributed by atoms with van der Waals surface area (Å²) in [5.41, 5.74) is 9.13. The van der Waals surface area contributed by atoms with Gasteiger partial charge < -0.3 is 10.8 Å². The number of piperidine rings is 1. The molecule has 146 valence electrons. The molecule has 1 saturated heterocycles. The van der Waals surface area contributed by atoms with Gasteiger partial charge in [-0.1, -0.05) is 20.8 Å². The van der Waals surface area contributed by atoms with Gasteiger partial charge in [-0.25, -0.2) is 9.78 Å². The van der Waals surface area contributed by atoms with Crippen molar-refractivity contribution >= 4 is 17.6 Å². The Morgan fingerprint density at radius 2 is 1.96 bits per heavy atom. The number of carboxylic acid groups (broad SMARTS) is 1. The van der Waals surface area contributed by atoms with E-state index in [9.17, 15) is 9.90 Å². The monoisotopic (exact) mass is 371 g/mol. The summed E-state index contributed by atoms with van der Waals surface area (Å²) in [6.07, 6.45) is 5.87. The Morgan fingerprint density at radius 3 is 2.67 bits per heavy atom. The summed E-state index contributed by atoms with van der Waals surface area (Å²) in [7, 11) is 0. The number of carbonyl (C=O) groups is 1. The Labute approximate surface area is 159 Å². The SMILES string of the molecule is CC(C)(C)C1(c2cc3nc4c(c(N)n3n2)CCCC4)CCCCN1C(=O)O. The maximum absolute atomic E-state index is 12.1. The fourth-order valence-electron chi connectivity index (χ4n) is 5.05. The molecule has 27 heavy (non-hydrogen) atoms. The van der Waals surface area contributed by atoms with Gasteiger partial charge in [0, 0.05) is 23.9 Å². The van der Waals surface area contributed by atoms with Crippen molar-refractivity contribution < 1.29 is 9.90 Å². The van der Waals surface area contributed by atoms with Crippen molar-refractivity contribution in [2.45, 2.75) is 71.3 Å². The van der Waals surface area contributed by atoms with Crippen molar-refractivity contribution in [3.05, 3.63) is 23.0 Å². The standard InChI is InChI=1S/C20H29N5O2/c1-19(2,3)20(10-6-7-11-24(20)18(26)27)15-12-16-22-14-9-5-4-8-13(14)17(21)25(16)23-15/h12H,4-11,21H2,1-3H3,(H,26,27). The molecule has 0 saturated carbocycles. The van der Waals surface area contributed by atoms with Gasteiger partial charge in [-0.3, -0.25) is 4.90 Å². The van der Waals surface area contributed by atoms with Gasteiger partial charge in [0.05, 0.1) is 11.2 Å². The molecule has 0 aromatic carbocycles. The summed E-state index contributed by atoms with van der Waals surface area (Å²) in [5.74, 6) is 0.655. The number of amides is 1. The van der Waals surface area contributed by atoms with E-state index in [-0.39, 0.29) is 5.41 Å². The Bertz CT molecular complexity index is 898. The molecule has 4 rings (SSSR count). The molecule has 0 spiro atoms. The lowest BCUT2D eigenvalue weighted by Gasteiger charge is -2.52. The number of nitrogens with zero attached hydrogens (tertiary/aromatic N) is 4. The summed E-state index contributed by atoms with van der Waals surface area (Å²) < 4.78 is 1.72. The number of anilines is 1. The lowest BCUT2D eigenvalue weighted by Crippen LogP contribution is -2.59. The molecular weight excluding hydrogens is 342 g/mol. The van der Waals surface area contributed by atoms with E-state index >= 15 is 0 Å². The number of hydrogen-bond acceptors (Lipinski definition) is 4. The van der Waals surface area contributed by atoms with Crippen LogP contribution in [0.25, 0.3) is 5.65 Å². The zero-order chi connectivity index (χ0) is 19.4. The minimum atomic E-state index is -0.887. The van der Waals surface area contributed by atoms with E-state index < -0.39 is 11.6 Å². The second-order valence-corrected chi connectivity index (χ2v) is 8.93. The molecular formula is C20H29N5O2. The minimum absolute atomic E-state index is 0.307. The second-order valence-electron chi connectivity index (χ2n) is 8.93. The van der Waals surface area contributed by atoms with Crippen molar-refractivity contribution in [1.29, 1.82) is 0 Å². The number of aromatic nitrogens is 3. The van der Waals surface area contributed by atoms with Crippen LogP contribution in [-0.4, -0.2) is 37.2 Å². The zero-order valence-corrected chi connectivity index (χ0v) is 16.5. The Hall–Kier alpha value is -2.31. The number of nitrogens with two attached hydrogens (primary N) is 1. The van der Waals surface area contributed by atoms with Crippen LogP contribution in [0.4, 0.5) is 10.6 Å². The summed E-state index contributed by atoms with van der Waals surface area (Å²) in [6, 6.07) is 1.96. The fourth-order valence-corrected chi connectivity index (χ4v) is 5.05. The Kier molecular flexibility index (Phi) is 4.09. The van der Waals surface area contributed by atoms with E-state index in [4.69, 9.17) is 15.8 Å². The molecule has 0 bridgehead atoms. The van der Waals surface area contributed by atoms with Gasteiger partial charge in [0.15, 0.2) is 5.65 Å². The molecule has 1 aliphatic carbocycles. The highest BCUT2D eigenvalue weighted by Crippen LogP contribution is 2.50. The average molecular weight is 371 g/mol. The van der Waals surface area contributed by atoms with Crippen LogP contribution in [0.5, 0.6) is 0 Å². The predicted octanol–water partition coefficient (Wildman–Crippen LogP) is 3.60. The van der Waals surface area contributed by atoms with Crippen LogP contribution in [0, 0.1) is 5.41 Å². The Morgan fingerprint density at radius 1 is 1.22 bits per heavy atom. The molecule has 3 heterocycles. The van der Waals surface area contributed by atoms with Gasteiger partial charge in [0.2, 0.25) is 0 Å². The van der Waals surface area contributed by atoms with Gasteiger partial charge in [-0.15, -0.1) is 0 Å². The lowest BCUT2D eigenvalue weighted by atomic mass is 9.66. The van der Waals surface area contributed by atoms with Gasteiger partial charge in [-0.05, 0) is 50.4 Å². The molecule has 7 nitrogen and oxygen atoms in total. The minimum Gasteiger partial charge on any atom is -0.465 e. The van der Waals surface area contributed by atoms with Crippen LogP contribution < -0.4 is 5.73 Å². The highest BCUT2D eigenvalue weighted by Gasteiger charge is 2.53. The van der Waals surface area contributed by atoms with Crippen molar-refractivity contribution in [2.75, 3.05) is 12.3 Å². The molecule has 1 fully saturated rings. The number of hydrogen-bond donors (Lipinski definition) is 2. The number of rotatable bonds is 1. The summed E-state index contributed by atoms with van der Waals surface area (Å²) in [5, 5.41) is 14.8. The highest BCUT2D eigenvalue weighted by molar-refractivity contribution is 5.67. The van der Waals surface area contributed by atoms with Crippen molar-refractivity contribution in [3.8, 4) is 0 Å². The largest absolute Gasteiger partial charge is 0.465 e. The number of likely N-dealkylation sites (tertiary alicyclic amines) is 1. The molecule has 1 unspecified atom stereocenters. The summed E-state index contributed by atoms with van der Waals surface area (Å²) in [6.45, 7) is 6.82.